The summed E-state index contributed by atoms with van der Waals surface area (Å²) in [4.78, 5) is 17.4. The summed E-state index contributed by atoms with van der Waals surface area (Å²) in [6, 6.07) is 10.4. The first kappa shape index (κ1) is 17.4. The van der Waals surface area contributed by atoms with Crippen LogP contribution in [0.5, 0.6) is 0 Å². The minimum atomic E-state index is -0.815. The average Bonchev–Trinajstić information content (AvgIpc) is 3.05. The van der Waals surface area contributed by atoms with Gasteiger partial charge in [0.1, 0.15) is 0 Å². The molecule has 1 amide bonds. The lowest BCUT2D eigenvalue weighted by molar-refractivity contribution is -0.142. The van der Waals surface area contributed by atoms with Crippen molar-refractivity contribution in [3.05, 3.63) is 35.9 Å². The van der Waals surface area contributed by atoms with Gasteiger partial charge in [-0.2, -0.15) is 0 Å². The highest BCUT2D eigenvalue weighted by molar-refractivity contribution is 5.80. The molecule has 4 nitrogen and oxygen atoms in total. The van der Waals surface area contributed by atoms with Crippen LogP contribution in [0.3, 0.4) is 0 Å². The number of hydrogen-bond donors (Lipinski definition) is 1. The van der Waals surface area contributed by atoms with Crippen LogP contribution in [0.1, 0.15) is 45.1 Å². The molecule has 0 aromatic heterocycles. The lowest BCUT2D eigenvalue weighted by Gasteiger charge is -2.38. The Hall–Kier alpha value is -1.39. The number of nitrogens with zero attached hydrogens (tertiary/aromatic N) is 2. The van der Waals surface area contributed by atoms with Crippen molar-refractivity contribution in [1.29, 1.82) is 0 Å². The van der Waals surface area contributed by atoms with Crippen LogP contribution in [0.25, 0.3) is 0 Å². The number of benzene rings is 1. The molecule has 2 fully saturated rings. The zero-order chi connectivity index (χ0) is 17.2. The van der Waals surface area contributed by atoms with Crippen molar-refractivity contribution >= 4 is 5.91 Å². The van der Waals surface area contributed by atoms with E-state index in [9.17, 15) is 9.90 Å². The van der Waals surface area contributed by atoms with Crippen LogP contribution in [0, 0.1) is 5.92 Å². The van der Waals surface area contributed by atoms with E-state index in [2.05, 4.69) is 29.2 Å². The SMILES string of the molecule is CC(C)(O)C1CCCN1C(=O)C1CCCN(Cc2ccccc2)C1. The van der Waals surface area contributed by atoms with Crippen molar-refractivity contribution in [3.8, 4) is 0 Å². The molecule has 0 bridgehead atoms. The van der Waals surface area contributed by atoms with Crippen LogP contribution in [0.4, 0.5) is 0 Å². The largest absolute Gasteiger partial charge is 0.388 e. The van der Waals surface area contributed by atoms with Gasteiger partial charge >= 0.3 is 0 Å². The van der Waals surface area contributed by atoms with E-state index in [1.165, 1.54) is 5.56 Å². The third kappa shape index (κ3) is 3.98. The van der Waals surface area contributed by atoms with Crippen molar-refractivity contribution in [3.63, 3.8) is 0 Å². The van der Waals surface area contributed by atoms with E-state index in [0.29, 0.717) is 0 Å². The Balaban J connectivity index is 1.63. The number of piperidine rings is 1. The first-order valence-electron chi connectivity index (χ1n) is 9.24. The molecule has 4 heteroatoms. The Morgan fingerprint density at radius 3 is 2.58 bits per heavy atom. The van der Waals surface area contributed by atoms with Gasteiger partial charge in [0.25, 0.3) is 0 Å². The number of likely N-dealkylation sites (tertiary alicyclic amines) is 2. The fourth-order valence-corrected chi connectivity index (χ4v) is 4.24. The van der Waals surface area contributed by atoms with Crippen molar-refractivity contribution < 1.29 is 9.90 Å². The molecule has 0 saturated carbocycles. The molecule has 2 aliphatic heterocycles. The predicted octanol–water partition coefficient (Wildman–Crippen LogP) is 2.66. The number of carbonyl (C=O) groups is 1. The molecule has 2 unspecified atom stereocenters. The second-order valence-corrected chi connectivity index (χ2v) is 7.90. The standard InChI is InChI=1S/C20H30N2O2/c1-20(2,24)18-11-7-13-22(18)19(23)17-10-6-12-21(15-17)14-16-8-4-3-5-9-16/h3-5,8-9,17-18,24H,6-7,10-15H2,1-2H3. The third-order valence-corrected chi connectivity index (χ3v) is 5.46. The van der Waals surface area contributed by atoms with Crippen molar-refractivity contribution in [2.75, 3.05) is 19.6 Å². The number of rotatable bonds is 4. The number of amides is 1. The Kier molecular flexibility index (Phi) is 5.26. The van der Waals surface area contributed by atoms with Gasteiger partial charge in [0.2, 0.25) is 5.91 Å². The van der Waals surface area contributed by atoms with Crippen LogP contribution < -0.4 is 0 Å². The molecule has 2 saturated heterocycles. The van der Waals surface area contributed by atoms with Crippen LogP contribution in [0.2, 0.25) is 0 Å². The lowest BCUT2D eigenvalue weighted by atomic mass is 9.93. The highest BCUT2D eigenvalue weighted by Gasteiger charge is 2.41. The summed E-state index contributed by atoms with van der Waals surface area (Å²) in [5, 5.41) is 10.4. The van der Waals surface area contributed by atoms with Gasteiger partial charge in [-0.15, -0.1) is 0 Å². The van der Waals surface area contributed by atoms with E-state index in [4.69, 9.17) is 0 Å². The van der Waals surface area contributed by atoms with Crippen molar-refractivity contribution in [1.82, 2.24) is 9.80 Å². The molecular formula is C20H30N2O2. The van der Waals surface area contributed by atoms with Gasteiger partial charge in [-0.05, 0) is 51.6 Å². The second-order valence-electron chi connectivity index (χ2n) is 7.90. The van der Waals surface area contributed by atoms with Crippen LogP contribution >= 0.6 is 0 Å². The highest BCUT2D eigenvalue weighted by Crippen LogP contribution is 2.30. The predicted molar refractivity (Wildman–Crippen MR) is 95.5 cm³/mol. The van der Waals surface area contributed by atoms with Gasteiger partial charge in [0.05, 0.1) is 17.6 Å². The van der Waals surface area contributed by atoms with Gasteiger partial charge in [-0.3, -0.25) is 9.69 Å². The smallest absolute Gasteiger partial charge is 0.227 e. The normalized spacial score (nSPS) is 25.9. The quantitative estimate of drug-likeness (QED) is 0.923. The van der Waals surface area contributed by atoms with Crippen molar-refractivity contribution in [2.24, 2.45) is 5.92 Å². The fourth-order valence-electron chi connectivity index (χ4n) is 4.24. The molecule has 2 atom stereocenters. The Bertz CT molecular complexity index is 553. The highest BCUT2D eigenvalue weighted by atomic mass is 16.3. The van der Waals surface area contributed by atoms with Crippen LogP contribution in [-0.4, -0.2) is 52.1 Å². The molecule has 2 heterocycles. The number of carbonyl (C=O) groups excluding carboxylic acids is 1. The Labute approximate surface area is 145 Å². The topological polar surface area (TPSA) is 43.8 Å². The first-order valence-corrected chi connectivity index (χ1v) is 9.24. The summed E-state index contributed by atoms with van der Waals surface area (Å²) in [7, 11) is 0. The van der Waals surface area contributed by atoms with E-state index in [-0.39, 0.29) is 17.9 Å². The minimum Gasteiger partial charge on any atom is -0.388 e. The summed E-state index contributed by atoms with van der Waals surface area (Å²) in [5.74, 6) is 0.322. The summed E-state index contributed by atoms with van der Waals surface area (Å²) in [5.41, 5.74) is 0.492. The molecule has 24 heavy (non-hydrogen) atoms. The fraction of sp³-hybridized carbons (Fsp3) is 0.650. The van der Waals surface area contributed by atoms with Gasteiger partial charge in [-0.1, -0.05) is 30.3 Å². The van der Waals surface area contributed by atoms with Crippen LogP contribution in [0.15, 0.2) is 30.3 Å². The zero-order valence-corrected chi connectivity index (χ0v) is 14.9. The van der Waals surface area contributed by atoms with E-state index in [1.807, 2.05) is 24.8 Å². The van der Waals surface area contributed by atoms with Crippen LogP contribution in [-0.2, 0) is 11.3 Å². The maximum absolute atomic E-state index is 13.0. The van der Waals surface area contributed by atoms with E-state index in [1.54, 1.807) is 0 Å². The summed E-state index contributed by atoms with van der Waals surface area (Å²) in [6.07, 6.45) is 3.96. The van der Waals surface area contributed by atoms with Gasteiger partial charge in [-0.25, -0.2) is 0 Å². The molecule has 132 valence electrons. The van der Waals surface area contributed by atoms with Gasteiger partial charge in [0, 0.05) is 19.6 Å². The summed E-state index contributed by atoms with van der Waals surface area (Å²) in [6.45, 7) is 7.26. The zero-order valence-electron chi connectivity index (χ0n) is 14.9. The van der Waals surface area contributed by atoms with E-state index in [0.717, 1.165) is 51.9 Å². The van der Waals surface area contributed by atoms with Gasteiger partial charge < -0.3 is 10.0 Å². The minimum absolute atomic E-state index is 0.0329. The molecular weight excluding hydrogens is 300 g/mol. The molecule has 3 rings (SSSR count). The molecule has 0 aliphatic carbocycles. The molecule has 0 radical (unpaired) electrons. The Morgan fingerprint density at radius 1 is 1.17 bits per heavy atom. The monoisotopic (exact) mass is 330 g/mol. The van der Waals surface area contributed by atoms with E-state index < -0.39 is 5.60 Å². The molecule has 1 N–H and O–H groups in total. The first-order chi connectivity index (χ1) is 11.4. The maximum atomic E-state index is 13.0. The third-order valence-electron chi connectivity index (χ3n) is 5.46. The summed E-state index contributed by atoms with van der Waals surface area (Å²) >= 11 is 0. The van der Waals surface area contributed by atoms with E-state index >= 15 is 0 Å². The molecule has 1 aromatic carbocycles. The Morgan fingerprint density at radius 2 is 1.88 bits per heavy atom. The molecule has 0 spiro atoms. The number of aliphatic hydroxyl groups is 1. The van der Waals surface area contributed by atoms with Gasteiger partial charge in [0.15, 0.2) is 0 Å². The average molecular weight is 330 g/mol. The summed E-state index contributed by atoms with van der Waals surface area (Å²) < 4.78 is 0. The lowest BCUT2D eigenvalue weighted by Crippen LogP contribution is -2.52. The molecule has 2 aliphatic rings. The van der Waals surface area contributed by atoms with Crippen molar-refractivity contribution in [2.45, 2.75) is 57.7 Å². The molecule has 1 aromatic rings. The second kappa shape index (κ2) is 7.24. The number of hydrogen-bond acceptors (Lipinski definition) is 3. The maximum Gasteiger partial charge on any atom is 0.227 e.